The molecule has 2 aromatic carbocycles. The number of carbonyl (C=O) groups excluding carboxylic acids is 1. The molecular formula is C20H21FO2. The molecule has 0 aliphatic carbocycles. The van der Waals surface area contributed by atoms with Crippen molar-refractivity contribution < 1.29 is 13.9 Å². The highest BCUT2D eigenvalue weighted by molar-refractivity contribution is 5.97. The summed E-state index contributed by atoms with van der Waals surface area (Å²) in [4.78, 5) is 12.1. The minimum absolute atomic E-state index is 0.125. The predicted octanol–water partition coefficient (Wildman–Crippen LogP) is 4.64. The zero-order valence-corrected chi connectivity index (χ0v) is 13.6. The SMILES string of the molecule is CCC(=O)c1ccccc1Cc1cc(F)c2c(c1C)CCCO2. The number of halogens is 1. The molecular weight excluding hydrogens is 291 g/mol. The molecule has 0 amide bonds. The van der Waals surface area contributed by atoms with Gasteiger partial charge in [0, 0.05) is 17.5 Å². The zero-order valence-electron chi connectivity index (χ0n) is 13.6. The molecule has 0 fully saturated rings. The van der Waals surface area contributed by atoms with Crippen LogP contribution in [0.4, 0.5) is 4.39 Å². The van der Waals surface area contributed by atoms with Gasteiger partial charge >= 0.3 is 0 Å². The molecule has 0 unspecified atom stereocenters. The molecule has 0 N–H and O–H groups in total. The molecule has 2 nitrogen and oxygen atoms in total. The molecule has 1 heterocycles. The first-order valence-electron chi connectivity index (χ1n) is 8.16. The number of hydrogen-bond acceptors (Lipinski definition) is 2. The molecule has 23 heavy (non-hydrogen) atoms. The van der Waals surface area contributed by atoms with E-state index in [4.69, 9.17) is 4.74 Å². The Morgan fingerprint density at radius 1 is 1.26 bits per heavy atom. The van der Waals surface area contributed by atoms with Crippen LogP contribution in [0.5, 0.6) is 5.75 Å². The lowest BCUT2D eigenvalue weighted by Crippen LogP contribution is -2.13. The summed E-state index contributed by atoms with van der Waals surface area (Å²) in [5.41, 5.74) is 4.69. The number of ether oxygens (including phenoxy) is 1. The van der Waals surface area contributed by atoms with Gasteiger partial charge in [0.2, 0.25) is 0 Å². The fourth-order valence-corrected chi connectivity index (χ4v) is 3.24. The molecule has 2 aromatic rings. The molecule has 3 rings (SSSR count). The minimum Gasteiger partial charge on any atom is -0.490 e. The first kappa shape index (κ1) is 15.7. The number of Topliss-reactive ketones (excluding diaryl/α,β-unsaturated/α-hetero) is 1. The van der Waals surface area contributed by atoms with Crippen molar-refractivity contribution in [2.75, 3.05) is 6.61 Å². The van der Waals surface area contributed by atoms with E-state index in [1.807, 2.05) is 38.1 Å². The Labute approximate surface area is 136 Å². The fraction of sp³-hybridized carbons (Fsp3) is 0.350. The first-order chi connectivity index (χ1) is 11.1. The van der Waals surface area contributed by atoms with E-state index in [0.29, 0.717) is 25.2 Å². The summed E-state index contributed by atoms with van der Waals surface area (Å²) < 4.78 is 19.8. The lowest BCUT2D eigenvalue weighted by Gasteiger charge is -2.22. The second-order valence-electron chi connectivity index (χ2n) is 6.01. The Hall–Kier alpha value is -2.16. The molecule has 1 aliphatic heterocycles. The molecule has 1 aliphatic rings. The summed E-state index contributed by atoms with van der Waals surface area (Å²) in [5.74, 6) is 0.245. The van der Waals surface area contributed by atoms with Crippen molar-refractivity contribution in [3.63, 3.8) is 0 Å². The Bertz CT molecular complexity index is 750. The summed E-state index contributed by atoms with van der Waals surface area (Å²) in [5, 5.41) is 0. The maximum absolute atomic E-state index is 14.3. The van der Waals surface area contributed by atoms with E-state index in [0.717, 1.165) is 40.7 Å². The van der Waals surface area contributed by atoms with E-state index < -0.39 is 0 Å². The Morgan fingerprint density at radius 3 is 2.83 bits per heavy atom. The van der Waals surface area contributed by atoms with Crippen LogP contribution in [0.15, 0.2) is 30.3 Å². The number of carbonyl (C=O) groups is 1. The maximum Gasteiger partial charge on any atom is 0.165 e. The van der Waals surface area contributed by atoms with Gasteiger partial charge in [-0.2, -0.15) is 0 Å². The molecule has 0 spiro atoms. The van der Waals surface area contributed by atoms with Gasteiger partial charge in [-0.15, -0.1) is 0 Å². The van der Waals surface area contributed by atoms with E-state index in [9.17, 15) is 9.18 Å². The normalized spacial score (nSPS) is 13.3. The van der Waals surface area contributed by atoms with E-state index >= 15 is 0 Å². The maximum atomic E-state index is 14.3. The Balaban J connectivity index is 2.02. The molecule has 0 bridgehead atoms. The summed E-state index contributed by atoms with van der Waals surface area (Å²) >= 11 is 0. The third-order valence-electron chi connectivity index (χ3n) is 4.56. The van der Waals surface area contributed by atoms with E-state index in [2.05, 4.69) is 0 Å². The Kier molecular flexibility index (Phi) is 4.46. The average molecular weight is 312 g/mol. The summed E-state index contributed by atoms with van der Waals surface area (Å²) in [6.45, 7) is 4.46. The number of rotatable bonds is 4. The Morgan fingerprint density at radius 2 is 2.04 bits per heavy atom. The molecule has 120 valence electrons. The first-order valence-corrected chi connectivity index (χ1v) is 8.16. The highest BCUT2D eigenvalue weighted by Crippen LogP contribution is 2.34. The van der Waals surface area contributed by atoms with Gasteiger partial charge in [-0.05, 0) is 48.9 Å². The van der Waals surface area contributed by atoms with Gasteiger partial charge in [-0.1, -0.05) is 31.2 Å². The van der Waals surface area contributed by atoms with Crippen LogP contribution in [-0.4, -0.2) is 12.4 Å². The average Bonchev–Trinajstić information content (AvgIpc) is 2.59. The lowest BCUT2D eigenvalue weighted by molar-refractivity contribution is 0.0987. The molecule has 3 heteroatoms. The van der Waals surface area contributed by atoms with Crippen molar-refractivity contribution in [3.05, 3.63) is 64.0 Å². The highest BCUT2D eigenvalue weighted by atomic mass is 19.1. The van der Waals surface area contributed by atoms with Crippen LogP contribution in [0.25, 0.3) is 0 Å². The van der Waals surface area contributed by atoms with Gasteiger partial charge < -0.3 is 4.74 Å². The van der Waals surface area contributed by atoms with Crippen LogP contribution in [0.3, 0.4) is 0 Å². The van der Waals surface area contributed by atoms with Crippen molar-refractivity contribution in [2.45, 2.75) is 39.5 Å². The number of benzene rings is 2. The van der Waals surface area contributed by atoms with Crippen LogP contribution in [0, 0.1) is 12.7 Å². The lowest BCUT2D eigenvalue weighted by atomic mass is 9.90. The van der Waals surface area contributed by atoms with Crippen LogP contribution in [0.2, 0.25) is 0 Å². The molecule has 0 aromatic heterocycles. The summed E-state index contributed by atoms with van der Waals surface area (Å²) in [6, 6.07) is 9.17. The summed E-state index contributed by atoms with van der Waals surface area (Å²) in [7, 11) is 0. The second-order valence-corrected chi connectivity index (χ2v) is 6.01. The molecule has 0 atom stereocenters. The van der Waals surface area contributed by atoms with Gasteiger partial charge in [0.25, 0.3) is 0 Å². The predicted molar refractivity (Wildman–Crippen MR) is 88.8 cm³/mol. The quantitative estimate of drug-likeness (QED) is 0.769. The smallest absolute Gasteiger partial charge is 0.165 e. The van der Waals surface area contributed by atoms with E-state index in [1.165, 1.54) is 0 Å². The number of fused-ring (bicyclic) bond motifs is 1. The minimum atomic E-state index is -0.292. The highest BCUT2D eigenvalue weighted by Gasteiger charge is 2.21. The van der Waals surface area contributed by atoms with Crippen molar-refractivity contribution in [2.24, 2.45) is 0 Å². The van der Waals surface area contributed by atoms with E-state index in [1.54, 1.807) is 6.07 Å². The van der Waals surface area contributed by atoms with Gasteiger partial charge in [0.1, 0.15) is 0 Å². The summed E-state index contributed by atoms with van der Waals surface area (Å²) in [6.07, 6.45) is 2.81. The van der Waals surface area contributed by atoms with Crippen molar-refractivity contribution in [1.82, 2.24) is 0 Å². The largest absolute Gasteiger partial charge is 0.490 e. The van der Waals surface area contributed by atoms with Crippen LogP contribution in [-0.2, 0) is 12.8 Å². The van der Waals surface area contributed by atoms with Gasteiger partial charge in [-0.3, -0.25) is 4.79 Å². The van der Waals surface area contributed by atoms with Crippen LogP contribution >= 0.6 is 0 Å². The second kappa shape index (κ2) is 6.53. The van der Waals surface area contributed by atoms with Gasteiger partial charge in [0.05, 0.1) is 6.61 Å². The zero-order chi connectivity index (χ0) is 16.4. The van der Waals surface area contributed by atoms with Gasteiger partial charge in [-0.25, -0.2) is 4.39 Å². The van der Waals surface area contributed by atoms with Crippen LogP contribution in [0.1, 0.15) is 52.4 Å². The van der Waals surface area contributed by atoms with Gasteiger partial charge in [0.15, 0.2) is 17.3 Å². The third-order valence-corrected chi connectivity index (χ3v) is 4.56. The standard InChI is InChI=1S/C20H21FO2/c1-3-19(22)17-8-5-4-7-14(17)11-15-12-18(21)20-16(13(15)2)9-6-10-23-20/h4-5,7-8,12H,3,6,9-11H2,1-2H3. The van der Waals surface area contributed by atoms with Crippen molar-refractivity contribution in [3.8, 4) is 5.75 Å². The fourth-order valence-electron chi connectivity index (χ4n) is 3.24. The number of ketones is 1. The van der Waals surface area contributed by atoms with Crippen molar-refractivity contribution >= 4 is 5.78 Å². The molecule has 0 saturated heterocycles. The van der Waals surface area contributed by atoms with E-state index in [-0.39, 0.29) is 11.6 Å². The number of hydrogen-bond donors (Lipinski definition) is 0. The van der Waals surface area contributed by atoms with Crippen LogP contribution < -0.4 is 4.74 Å². The topological polar surface area (TPSA) is 26.3 Å². The molecule has 0 radical (unpaired) electrons. The van der Waals surface area contributed by atoms with Crippen molar-refractivity contribution in [1.29, 1.82) is 0 Å². The third kappa shape index (κ3) is 3.00. The molecule has 0 saturated carbocycles. The monoisotopic (exact) mass is 312 g/mol.